The number of hydrogen-bond acceptors (Lipinski definition) is 2. The van der Waals surface area contributed by atoms with Gasteiger partial charge in [-0.1, -0.05) is 42.5 Å². The van der Waals surface area contributed by atoms with Gasteiger partial charge in [-0.05, 0) is 35.3 Å². The maximum atomic E-state index is 12.5. The summed E-state index contributed by atoms with van der Waals surface area (Å²) < 4.78 is 2.05. The number of rotatable bonds is 5. The number of aryl methyl sites for hydroxylation is 1. The molecular weight excluding hydrogens is 310 g/mol. The van der Waals surface area contributed by atoms with Gasteiger partial charge < -0.3 is 9.47 Å². The van der Waals surface area contributed by atoms with E-state index in [1.54, 1.807) is 12.3 Å². The summed E-state index contributed by atoms with van der Waals surface area (Å²) in [6.07, 6.45) is 8.24. The zero-order valence-corrected chi connectivity index (χ0v) is 14.3. The first kappa shape index (κ1) is 15.6. The van der Waals surface area contributed by atoms with Crippen LogP contribution in [0.5, 0.6) is 0 Å². The van der Waals surface area contributed by atoms with Crippen LogP contribution in [-0.2, 0) is 11.3 Å². The lowest BCUT2D eigenvalue weighted by Crippen LogP contribution is -2.31. The Labute approximate surface area is 147 Å². The normalized spacial score (nSPS) is 17.3. The maximum Gasteiger partial charge on any atom is 0.247 e. The number of hydrogen-bond donors (Lipinski definition) is 0. The van der Waals surface area contributed by atoms with Crippen molar-refractivity contribution in [2.45, 2.75) is 25.9 Å². The summed E-state index contributed by atoms with van der Waals surface area (Å²) in [5.41, 5.74) is 2.32. The predicted octanol–water partition coefficient (Wildman–Crippen LogP) is 3.96. The smallest absolute Gasteiger partial charge is 0.247 e. The summed E-state index contributed by atoms with van der Waals surface area (Å²) in [4.78, 5) is 18.6. The molecule has 4 rings (SSSR count). The number of carbonyl (C=O) groups excluding carboxylic acids is 1. The van der Waals surface area contributed by atoms with E-state index < -0.39 is 0 Å². The minimum Gasteiger partial charge on any atom is -0.337 e. The number of carbonyl (C=O) groups is 1. The van der Waals surface area contributed by atoms with Crippen LogP contribution < -0.4 is 0 Å². The van der Waals surface area contributed by atoms with Crippen LogP contribution in [0.3, 0.4) is 0 Å². The minimum atomic E-state index is 0.0291. The number of nitrogens with zero attached hydrogens (tertiary/aromatic N) is 3. The van der Waals surface area contributed by atoms with E-state index in [0.29, 0.717) is 0 Å². The van der Waals surface area contributed by atoms with Crippen molar-refractivity contribution in [1.29, 1.82) is 0 Å². The molecule has 0 spiro atoms. The van der Waals surface area contributed by atoms with Crippen LogP contribution in [-0.4, -0.2) is 26.9 Å². The van der Waals surface area contributed by atoms with Gasteiger partial charge in [0.2, 0.25) is 5.91 Å². The van der Waals surface area contributed by atoms with Crippen molar-refractivity contribution in [3.63, 3.8) is 0 Å². The van der Waals surface area contributed by atoms with Crippen molar-refractivity contribution in [1.82, 2.24) is 14.5 Å². The van der Waals surface area contributed by atoms with Crippen molar-refractivity contribution < 1.29 is 4.79 Å². The molecule has 0 fully saturated rings. The first-order valence-electron chi connectivity index (χ1n) is 8.66. The molecule has 0 N–H and O–H groups in total. The van der Waals surface area contributed by atoms with E-state index in [2.05, 4.69) is 54.4 Å². The molecule has 4 nitrogen and oxygen atoms in total. The van der Waals surface area contributed by atoms with E-state index in [1.807, 2.05) is 22.0 Å². The Morgan fingerprint density at radius 1 is 1.08 bits per heavy atom. The van der Waals surface area contributed by atoms with Crippen molar-refractivity contribution in [2.24, 2.45) is 0 Å². The van der Waals surface area contributed by atoms with Gasteiger partial charge in [0.05, 0.1) is 12.4 Å². The predicted molar refractivity (Wildman–Crippen MR) is 99.0 cm³/mol. The third-order valence-electron chi connectivity index (χ3n) is 4.87. The Hall–Kier alpha value is -2.88. The molecule has 0 aliphatic carbocycles. The summed E-state index contributed by atoms with van der Waals surface area (Å²) >= 11 is 0. The number of amides is 1. The Kier molecular flexibility index (Phi) is 4.10. The summed E-state index contributed by atoms with van der Waals surface area (Å²) in [7, 11) is 0. The highest BCUT2D eigenvalue weighted by Crippen LogP contribution is 2.37. The van der Waals surface area contributed by atoms with Gasteiger partial charge in [0.15, 0.2) is 0 Å². The Morgan fingerprint density at radius 3 is 2.76 bits per heavy atom. The molecule has 2 heterocycles. The first-order chi connectivity index (χ1) is 12.2. The fraction of sp³-hybridized carbons (Fsp3) is 0.238. The zero-order valence-electron chi connectivity index (χ0n) is 14.3. The molecule has 1 aliphatic heterocycles. The van der Waals surface area contributed by atoms with Gasteiger partial charge in [0, 0.05) is 31.6 Å². The molecule has 0 radical (unpaired) electrons. The van der Waals surface area contributed by atoms with E-state index in [9.17, 15) is 4.79 Å². The zero-order chi connectivity index (χ0) is 17.2. The molecule has 2 aromatic carbocycles. The number of fused-ring (bicyclic) bond motifs is 1. The Bertz CT molecular complexity index is 922. The van der Waals surface area contributed by atoms with E-state index in [1.165, 1.54) is 16.3 Å². The molecule has 1 aliphatic rings. The van der Waals surface area contributed by atoms with Crippen LogP contribution >= 0.6 is 0 Å². The second-order valence-electron chi connectivity index (χ2n) is 6.54. The van der Waals surface area contributed by atoms with E-state index in [0.717, 1.165) is 25.1 Å². The Balaban J connectivity index is 1.61. The average molecular weight is 331 g/mol. The maximum absolute atomic E-state index is 12.5. The fourth-order valence-electron chi connectivity index (χ4n) is 3.71. The first-order valence-corrected chi connectivity index (χ1v) is 8.66. The standard InChI is InChI=1S/C21H21N3O/c1-16-14-20(25)24(12-5-11-23-13-10-22-15-23)21(16)19-9-4-7-17-6-2-3-8-18(17)19/h2-4,6-10,13-15,21H,5,11-12H2,1H3. The van der Waals surface area contributed by atoms with Gasteiger partial charge >= 0.3 is 0 Å². The van der Waals surface area contributed by atoms with Crippen LogP contribution in [0, 0.1) is 0 Å². The quantitative estimate of drug-likeness (QED) is 0.710. The number of benzene rings is 2. The average Bonchev–Trinajstić information content (AvgIpc) is 3.23. The van der Waals surface area contributed by atoms with Gasteiger partial charge in [-0.3, -0.25) is 4.79 Å². The molecule has 1 amide bonds. The molecule has 3 aromatic rings. The van der Waals surface area contributed by atoms with Gasteiger partial charge in [0.25, 0.3) is 0 Å². The molecule has 126 valence electrons. The lowest BCUT2D eigenvalue weighted by Gasteiger charge is -2.28. The lowest BCUT2D eigenvalue weighted by atomic mass is 9.95. The van der Waals surface area contributed by atoms with Crippen LogP contribution in [0.15, 0.2) is 72.8 Å². The second-order valence-corrected chi connectivity index (χ2v) is 6.54. The highest BCUT2D eigenvalue weighted by Gasteiger charge is 2.32. The van der Waals surface area contributed by atoms with Gasteiger partial charge in [-0.15, -0.1) is 0 Å². The van der Waals surface area contributed by atoms with Crippen molar-refractivity contribution >= 4 is 16.7 Å². The van der Waals surface area contributed by atoms with Gasteiger partial charge in [0.1, 0.15) is 0 Å². The largest absolute Gasteiger partial charge is 0.337 e. The van der Waals surface area contributed by atoms with E-state index >= 15 is 0 Å². The van der Waals surface area contributed by atoms with Crippen LogP contribution in [0.2, 0.25) is 0 Å². The van der Waals surface area contributed by atoms with Crippen molar-refractivity contribution in [3.05, 3.63) is 78.4 Å². The number of imidazole rings is 1. The highest BCUT2D eigenvalue weighted by molar-refractivity contribution is 5.94. The van der Waals surface area contributed by atoms with Crippen molar-refractivity contribution in [3.8, 4) is 0 Å². The molecule has 1 unspecified atom stereocenters. The van der Waals surface area contributed by atoms with E-state index in [4.69, 9.17) is 0 Å². The summed E-state index contributed by atoms with van der Waals surface area (Å²) in [5, 5.41) is 2.43. The molecule has 1 aromatic heterocycles. The molecule has 0 saturated carbocycles. The van der Waals surface area contributed by atoms with Gasteiger partial charge in [-0.25, -0.2) is 4.98 Å². The Morgan fingerprint density at radius 2 is 1.92 bits per heavy atom. The highest BCUT2D eigenvalue weighted by atomic mass is 16.2. The molecule has 0 saturated heterocycles. The van der Waals surface area contributed by atoms with Crippen LogP contribution in [0.25, 0.3) is 10.8 Å². The molecular formula is C21H21N3O. The van der Waals surface area contributed by atoms with E-state index in [-0.39, 0.29) is 11.9 Å². The summed E-state index contributed by atoms with van der Waals surface area (Å²) in [6, 6.07) is 14.8. The van der Waals surface area contributed by atoms with Crippen LogP contribution in [0.4, 0.5) is 0 Å². The molecule has 0 bridgehead atoms. The SMILES string of the molecule is CC1=CC(=O)N(CCCn2ccnc2)C1c1cccc2ccccc12. The topological polar surface area (TPSA) is 38.1 Å². The third kappa shape index (κ3) is 2.95. The molecule has 4 heteroatoms. The van der Waals surface area contributed by atoms with Crippen LogP contribution in [0.1, 0.15) is 24.9 Å². The molecule has 1 atom stereocenters. The monoisotopic (exact) mass is 331 g/mol. The fourth-order valence-corrected chi connectivity index (χ4v) is 3.71. The number of aromatic nitrogens is 2. The second kappa shape index (κ2) is 6.55. The molecule has 25 heavy (non-hydrogen) atoms. The third-order valence-corrected chi connectivity index (χ3v) is 4.87. The minimum absolute atomic E-state index is 0.0291. The van der Waals surface area contributed by atoms with Crippen molar-refractivity contribution in [2.75, 3.05) is 6.54 Å². The van der Waals surface area contributed by atoms with Gasteiger partial charge in [-0.2, -0.15) is 0 Å². The summed E-state index contributed by atoms with van der Waals surface area (Å²) in [5.74, 6) is 0.112. The summed E-state index contributed by atoms with van der Waals surface area (Å²) in [6.45, 7) is 3.66. The lowest BCUT2D eigenvalue weighted by molar-refractivity contribution is -0.126.